The first-order valence-electron chi connectivity index (χ1n) is 8.34. The van der Waals surface area contributed by atoms with Crippen LogP contribution in [0.1, 0.15) is 48.0 Å². The lowest BCUT2D eigenvalue weighted by Crippen LogP contribution is -2.21. The van der Waals surface area contributed by atoms with Crippen molar-refractivity contribution in [2.75, 3.05) is 6.61 Å². The van der Waals surface area contributed by atoms with Gasteiger partial charge in [-0.25, -0.2) is 0 Å². The molecule has 0 N–H and O–H groups in total. The van der Waals surface area contributed by atoms with E-state index in [0.29, 0.717) is 12.5 Å². The van der Waals surface area contributed by atoms with E-state index in [2.05, 4.69) is 45.6 Å². The molecule has 1 unspecified atom stereocenters. The minimum atomic E-state index is 0.0874. The van der Waals surface area contributed by atoms with Crippen molar-refractivity contribution >= 4 is 0 Å². The van der Waals surface area contributed by atoms with Gasteiger partial charge in [0.25, 0.3) is 0 Å². The van der Waals surface area contributed by atoms with Crippen molar-refractivity contribution in [1.82, 2.24) is 0 Å². The van der Waals surface area contributed by atoms with Crippen molar-refractivity contribution in [3.05, 3.63) is 60.1 Å². The third-order valence-electron chi connectivity index (χ3n) is 2.85. The molecule has 2 rings (SSSR count). The summed E-state index contributed by atoms with van der Waals surface area (Å²) in [6.45, 7) is 16.7. The van der Waals surface area contributed by atoms with Crippen molar-refractivity contribution in [3.63, 3.8) is 0 Å². The summed E-state index contributed by atoms with van der Waals surface area (Å²) >= 11 is 0. The molecule has 2 atom stereocenters. The predicted octanol–water partition coefficient (Wildman–Crippen LogP) is 5.95. The van der Waals surface area contributed by atoms with Crippen molar-refractivity contribution < 1.29 is 9.47 Å². The van der Waals surface area contributed by atoms with Crippen molar-refractivity contribution in [2.24, 2.45) is 5.92 Å². The Kier molecular flexibility index (Phi) is 11.0. The molecule has 1 aliphatic carbocycles. The van der Waals surface area contributed by atoms with Crippen LogP contribution in [0.5, 0.6) is 0 Å². The lowest BCUT2D eigenvalue weighted by atomic mass is 9.95. The Morgan fingerprint density at radius 3 is 2.36 bits per heavy atom. The van der Waals surface area contributed by atoms with Crippen LogP contribution in [-0.4, -0.2) is 12.7 Å². The van der Waals surface area contributed by atoms with Gasteiger partial charge >= 0.3 is 0 Å². The first-order chi connectivity index (χ1) is 10.6. The second kappa shape index (κ2) is 11.9. The lowest BCUT2D eigenvalue weighted by Gasteiger charge is -2.24. The van der Waals surface area contributed by atoms with Gasteiger partial charge in [0, 0.05) is 0 Å². The average molecular weight is 304 g/mol. The molecule has 22 heavy (non-hydrogen) atoms. The zero-order valence-electron chi connectivity index (χ0n) is 15.1. The smallest absolute Gasteiger partial charge is 0.161 e. The summed E-state index contributed by atoms with van der Waals surface area (Å²) in [5, 5.41) is 0. The minimum absolute atomic E-state index is 0.0874. The summed E-state index contributed by atoms with van der Waals surface area (Å²) in [7, 11) is 0. The van der Waals surface area contributed by atoms with Gasteiger partial charge in [-0.1, -0.05) is 71.9 Å². The highest BCUT2D eigenvalue weighted by atomic mass is 16.6. The van der Waals surface area contributed by atoms with Gasteiger partial charge < -0.3 is 9.47 Å². The molecule has 0 bridgehead atoms. The highest BCUT2D eigenvalue weighted by Gasteiger charge is 2.18. The van der Waals surface area contributed by atoms with Crippen LogP contribution in [0.2, 0.25) is 0 Å². The average Bonchev–Trinajstić information content (AvgIpc) is 2.54. The van der Waals surface area contributed by atoms with E-state index in [9.17, 15) is 0 Å². The van der Waals surface area contributed by atoms with Gasteiger partial charge in [0.2, 0.25) is 0 Å². The lowest BCUT2D eigenvalue weighted by molar-refractivity contribution is 0.0187. The van der Waals surface area contributed by atoms with Gasteiger partial charge in [0.1, 0.15) is 12.7 Å². The van der Waals surface area contributed by atoms with Crippen LogP contribution in [0.25, 0.3) is 0 Å². The van der Waals surface area contributed by atoms with Crippen molar-refractivity contribution in [3.8, 4) is 0 Å². The summed E-state index contributed by atoms with van der Waals surface area (Å²) in [6, 6.07) is 0. The number of rotatable bonds is 2. The molecule has 0 radical (unpaired) electrons. The molecule has 2 heteroatoms. The summed E-state index contributed by atoms with van der Waals surface area (Å²) < 4.78 is 11.4. The summed E-state index contributed by atoms with van der Waals surface area (Å²) in [6.07, 6.45) is 13.4. The molecule has 0 saturated heterocycles. The van der Waals surface area contributed by atoms with E-state index in [1.54, 1.807) is 6.08 Å². The van der Waals surface area contributed by atoms with E-state index >= 15 is 0 Å². The molecule has 0 fully saturated rings. The Morgan fingerprint density at radius 2 is 1.82 bits per heavy atom. The molecular weight excluding hydrogens is 272 g/mol. The molecular formula is C20H32O2. The molecule has 0 aromatic carbocycles. The fourth-order valence-electron chi connectivity index (χ4n) is 1.84. The Hall–Kier alpha value is -1.70. The molecule has 0 saturated carbocycles. The van der Waals surface area contributed by atoms with E-state index in [1.807, 2.05) is 32.9 Å². The molecule has 0 amide bonds. The van der Waals surface area contributed by atoms with E-state index < -0.39 is 0 Å². The topological polar surface area (TPSA) is 18.5 Å². The third kappa shape index (κ3) is 6.84. The molecule has 1 heterocycles. The van der Waals surface area contributed by atoms with Crippen LogP contribution in [0, 0.1) is 5.92 Å². The SMILES string of the molecule is C=CC1=C(/C=C2/C=CC=C[C@@H]2C)OCC(C)O1.CC.CCC. The number of hydrogen-bond acceptors (Lipinski definition) is 2. The minimum Gasteiger partial charge on any atom is -0.486 e. The highest BCUT2D eigenvalue weighted by Crippen LogP contribution is 2.25. The summed E-state index contributed by atoms with van der Waals surface area (Å²) in [5.74, 6) is 1.91. The van der Waals surface area contributed by atoms with E-state index in [1.165, 1.54) is 12.0 Å². The summed E-state index contributed by atoms with van der Waals surface area (Å²) in [5.41, 5.74) is 1.22. The van der Waals surface area contributed by atoms with Crippen LogP contribution in [0.4, 0.5) is 0 Å². The largest absolute Gasteiger partial charge is 0.486 e. The fourth-order valence-corrected chi connectivity index (χ4v) is 1.84. The quantitative estimate of drug-likeness (QED) is 0.627. The standard InChI is InChI=1S/C15H18O2.C3H8.C2H6/c1-4-14-15(16-10-12(3)17-14)9-13-8-6-5-7-11(13)2;1-3-2;1-2/h4-9,11-12H,1,10H2,2-3H3;3H2,1-2H3;1-2H3/b13-9-;;/t11-,12?;;/m0../s1. The first kappa shape index (κ1) is 20.3. The van der Waals surface area contributed by atoms with Gasteiger partial charge in [-0.15, -0.1) is 0 Å². The molecule has 0 aromatic rings. The van der Waals surface area contributed by atoms with Crippen LogP contribution < -0.4 is 0 Å². The Morgan fingerprint density at radius 1 is 1.18 bits per heavy atom. The van der Waals surface area contributed by atoms with Gasteiger partial charge in [-0.3, -0.25) is 0 Å². The van der Waals surface area contributed by atoms with E-state index in [4.69, 9.17) is 9.47 Å². The monoisotopic (exact) mass is 304 g/mol. The summed E-state index contributed by atoms with van der Waals surface area (Å²) in [4.78, 5) is 0. The zero-order valence-corrected chi connectivity index (χ0v) is 15.1. The molecule has 2 aliphatic rings. The maximum atomic E-state index is 5.69. The second-order valence-electron chi connectivity index (χ2n) is 5.06. The zero-order chi connectivity index (χ0) is 17.0. The van der Waals surface area contributed by atoms with Crippen LogP contribution >= 0.6 is 0 Å². The van der Waals surface area contributed by atoms with Crippen LogP contribution in [-0.2, 0) is 9.47 Å². The van der Waals surface area contributed by atoms with Crippen molar-refractivity contribution in [2.45, 2.75) is 54.1 Å². The van der Waals surface area contributed by atoms with Crippen LogP contribution in [0.3, 0.4) is 0 Å². The molecule has 0 aromatic heterocycles. The van der Waals surface area contributed by atoms with Gasteiger partial charge in [0.15, 0.2) is 11.5 Å². The maximum absolute atomic E-state index is 5.69. The van der Waals surface area contributed by atoms with Gasteiger partial charge in [0.05, 0.1) is 0 Å². The fraction of sp³-hybridized carbons (Fsp3) is 0.500. The van der Waals surface area contributed by atoms with Gasteiger partial charge in [-0.2, -0.15) is 0 Å². The number of hydrogen-bond donors (Lipinski definition) is 0. The molecule has 0 spiro atoms. The normalized spacial score (nSPS) is 24.4. The molecule has 1 aliphatic heterocycles. The molecule has 2 nitrogen and oxygen atoms in total. The number of ether oxygens (including phenoxy) is 2. The highest BCUT2D eigenvalue weighted by molar-refractivity contribution is 5.38. The first-order valence-corrected chi connectivity index (χ1v) is 8.34. The van der Waals surface area contributed by atoms with Crippen LogP contribution in [0.15, 0.2) is 60.1 Å². The number of allylic oxidation sites excluding steroid dienone is 7. The van der Waals surface area contributed by atoms with E-state index in [0.717, 1.165) is 11.5 Å². The Labute approximate surface area is 136 Å². The van der Waals surface area contributed by atoms with E-state index in [-0.39, 0.29) is 6.10 Å². The Balaban J connectivity index is 0.000000789. The Bertz CT molecular complexity index is 439. The third-order valence-corrected chi connectivity index (χ3v) is 2.85. The molecule has 124 valence electrons. The van der Waals surface area contributed by atoms with Gasteiger partial charge in [-0.05, 0) is 30.6 Å². The van der Waals surface area contributed by atoms with Crippen molar-refractivity contribution in [1.29, 1.82) is 0 Å². The maximum Gasteiger partial charge on any atom is 0.161 e. The second-order valence-corrected chi connectivity index (χ2v) is 5.06. The predicted molar refractivity (Wildman–Crippen MR) is 96.6 cm³/mol.